The standard InChI is InChI=1S/C16H22N2O/c19-16(14-6-7-14)10-15-12-18(9-8-17-15)11-13-4-2-1-3-5-13/h1-5,14-15,17H,6-12H2. The average Bonchev–Trinajstić information content (AvgIpc) is 3.24. The van der Waals surface area contributed by atoms with Crippen LogP contribution in [-0.2, 0) is 11.3 Å². The Morgan fingerprint density at radius 3 is 2.79 bits per heavy atom. The number of benzene rings is 1. The molecule has 1 atom stereocenters. The van der Waals surface area contributed by atoms with Gasteiger partial charge in [0.05, 0.1) is 0 Å². The third kappa shape index (κ3) is 3.64. The van der Waals surface area contributed by atoms with Crippen molar-refractivity contribution >= 4 is 5.78 Å². The molecule has 0 bridgehead atoms. The minimum atomic E-state index is 0.352. The van der Waals surface area contributed by atoms with Gasteiger partial charge in [-0.05, 0) is 18.4 Å². The average molecular weight is 258 g/mol. The Bertz CT molecular complexity index is 428. The monoisotopic (exact) mass is 258 g/mol. The summed E-state index contributed by atoms with van der Waals surface area (Å²) in [4.78, 5) is 14.3. The van der Waals surface area contributed by atoms with Gasteiger partial charge in [-0.2, -0.15) is 0 Å². The van der Waals surface area contributed by atoms with Crippen molar-refractivity contribution in [2.45, 2.75) is 31.8 Å². The Morgan fingerprint density at radius 2 is 2.05 bits per heavy atom. The fourth-order valence-electron chi connectivity index (χ4n) is 2.83. The highest BCUT2D eigenvalue weighted by Gasteiger charge is 2.32. The normalized spacial score (nSPS) is 24.3. The van der Waals surface area contributed by atoms with Gasteiger partial charge in [-0.25, -0.2) is 0 Å². The maximum Gasteiger partial charge on any atom is 0.137 e. The number of carbonyl (C=O) groups is 1. The molecule has 1 unspecified atom stereocenters. The van der Waals surface area contributed by atoms with Crippen molar-refractivity contribution in [1.29, 1.82) is 0 Å². The molecule has 1 aromatic rings. The van der Waals surface area contributed by atoms with Crippen LogP contribution in [0.3, 0.4) is 0 Å². The summed E-state index contributed by atoms with van der Waals surface area (Å²) in [6.07, 6.45) is 2.97. The molecule has 1 aliphatic carbocycles. The second kappa shape index (κ2) is 5.85. The van der Waals surface area contributed by atoms with Crippen molar-refractivity contribution in [1.82, 2.24) is 10.2 Å². The summed E-state index contributed by atoms with van der Waals surface area (Å²) in [5.41, 5.74) is 1.36. The second-order valence-electron chi connectivity index (χ2n) is 5.82. The summed E-state index contributed by atoms with van der Waals surface area (Å²) in [7, 11) is 0. The molecule has 0 radical (unpaired) electrons. The molecule has 0 spiro atoms. The lowest BCUT2D eigenvalue weighted by atomic mass is 10.0. The van der Waals surface area contributed by atoms with Crippen LogP contribution in [0, 0.1) is 5.92 Å². The second-order valence-corrected chi connectivity index (χ2v) is 5.82. The van der Waals surface area contributed by atoms with Gasteiger partial charge in [-0.15, -0.1) is 0 Å². The Kier molecular flexibility index (Phi) is 3.95. The minimum Gasteiger partial charge on any atom is -0.311 e. The number of piperazine rings is 1. The van der Waals surface area contributed by atoms with E-state index in [0.29, 0.717) is 17.7 Å². The van der Waals surface area contributed by atoms with E-state index < -0.39 is 0 Å². The molecule has 102 valence electrons. The first kappa shape index (κ1) is 12.8. The van der Waals surface area contributed by atoms with Gasteiger partial charge in [0, 0.05) is 44.6 Å². The molecule has 3 nitrogen and oxygen atoms in total. The smallest absolute Gasteiger partial charge is 0.137 e. The minimum absolute atomic E-state index is 0.352. The predicted octanol–water partition coefficient (Wildman–Crippen LogP) is 1.83. The van der Waals surface area contributed by atoms with Crippen LogP contribution in [-0.4, -0.2) is 36.4 Å². The largest absolute Gasteiger partial charge is 0.311 e. The molecule has 1 saturated carbocycles. The topological polar surface area (TPSA) is 32.3 Å². The molecule has 1 aromatic carbocycles. The number of hydrogen-bond acceptors (Lipinski definition) is 3. The number of Topliss-reactive ketones (excluding diaryl/α,β-unsaturated/α-hetero) is 1. The summed E-state index contributed by atoms with van der Waals surface area (Å²) in [5.74, 6) is 0.866. The van der Waals surface area contributed by atoms with Crippen LogP contribution >= 0.6 is 0 Å². The summed E-state index contributed by atoms with van der Waals surface area (Å²) < 4.78 is 0. The van der Waals surface area contributed by atoms with Gasteiger partial charge in [0.25, 0.3) is 0 Å². The van der Waals surface area contributed by atoms with E-state index in [1.54, 1.807) is 0 Å². The zero-order valence-electron chi connectivity index (χ0n) is 11.3. The van der Waals surface area contributed by atoms with E-state index in [1.807, 2.05) is 0 Å². The van der Waals surface area contributed by atoms with Crippen LogP contribution < -0.4 is 5.32 Å². The van der Waals surface area contributed by atoms with Gasteiger partial charge in [-0.1, -0.05) is 30.3 Å². The summed E-state index contributed by atoms with van der Waals surface area (Å²) >= 11 is 0. The van der Waals surface area contributed by atoms with Gasteiger partial charge in [0.15, 0.2) is 0 Å². The summed E-state index contributed by atoms with van der Waals surface area (Å²) in [6.45, 7) is 4.06. The van der Waals surface area contributed by atoms with Crippen LogP contribution in [0.15, 0.2) is 30.3 Å². The molecule has 0 aromatic heterocycles. The number of ketones is 1. The molecule has 3 rings (SSSR count). The van der Waals surface area contributed by atoms with Crippen LogP contribution in [0.25, 0.3) is 0 Å². The van der Waals surface area contributed by atoms with Crippen LogP contribution in [0.4, 0.5) is 0 Å². The molecule has 1 N–H and O–H groups in total. The molecule has 1 saturated heterocycles. The third-order valence-corrected chi connectivity index (χ3v) is 4.07. The number of nitrogens with one attached hydrogen (secondary N) is 1. The van der Waals surface area contributed by atoms with Crippen molar-refractivity contribution in [3.05, 3.63) is 35.9 Å². The predicted molar refractivity (Wildman–Crippen MR) is 75.9 cm³/mol. The first-order chi connectivity index (χ1) is 9.31. The molecule has 2 fully saturated rings. The summed E-state index contributed by atoms with van der Waals surface area (Å²) in [6, 6.07) is 10.9. The fourth-order valence-corrected chi connectivity index (χ4v) is 2.83. The number of carbonyl (C=O) groups excluding carboxylic acids is 1. The Labute approximate surface area is 115 Å². The Morgan fingerprint density at radius 1 is 1.26 bits per heavy atom. The highest BCUT2D eigenvalue weighted by atomic mass is 16.1. The maximum atomic E-state index is 11.9. The van der Waals surface area contributed by atoms with E-state index in [2.05, 4.69) is 40.5 Å². The van der Waals surface area contributed by atoms with Crippen molar-refractivity contribution < 1.29 is 4.79 Å². The van der Waals surface area contributed by atoms with E-state index in [1.165, 1.54) is 5.56 Å². The van der Waals surface area contributed by atoms with Gasteiger partial charge < -0.3 is 5.32 Å². The number of rotatable bonds is 5. The lowest BCUT2D eigenvalue weighted by Gasteiger charge is -2.33. The number of hydrogen-bond donors (Lipinski definition) is 1. The molecule has 1 heterocycles. The first-order valence-electron chi connectivity index (χ1n) is 7.33. The van der Waals surface area contributed by atoms with Crippen LogP contribution in [0.5, 0.6) is 0 Å². The Balaban J connectivity index is 1.51. The molecular formula is C16H22N2O. The van der Waals surface area contributed by atoms with Gasteiger partial charge in [0.1, 0.15) is 5.78 Å². The molecule has 0 amide bonds. The SMILES string of the molecule is O=C(CC1CN(Cc2ccccc2)CCN1)C1CC1. The highest BCUT2D eigenvalue weighted by Crippen LogP contribution is 2.31. The highest BCUT2D eigenvalue weighted by molar-refractivity contribution is 5.83. The van der Waals surface area contributed by atoms with Gasteiger partial charge in [0.2, 0.25) is 0 Å². The van der Waals surface area contributed by atoms with E-state index in [-0.39, 0.29) is 0 Å². The van der Waals surface area contributed by atoms with Gasteiger partial charge in [-0.3, -0.25) is 9.69 Å². The fraction of sp³-hybridized carbons (Fsp3) is 0.562. The first-order valence-corrected chi connectivity index (χ1v) is 7.33. The Hall–Kier alpha value is -1.19. The van der Waals surface area contributed by atoms with Crippen LogP contribution in [0.1, 0.15) is 24.8 Å². The quantitative estimate of drug-likeness (QED) is 0.874. The maximum absolute atomic E-state index is 11.9. The molecule has 3 heteroatoms. The third-order valence-electron chi connectivity index (χ3n) is 4.07. The van der Waals surface area contributed by atoms with Gasteiger partial charge >= 0.3 is 0 Å². The molecular weight excluding hydrogens is 236 g/mol. The van der Waals surface area contributed by atoms with E-state index in [4.69, 9.17) is 0 Å². The van der Waals surface area contributed by atoms with E-state index >= 15 is 0 Å². The van der Waals surface area contributed by atoms with Crippen molar-refractivity contribution in [3.63, 3.8) is 0 Å². The molecule has 1 aliphatic heterocycles. The van der Waals surface area contributed by atoms with Crippen molar-refractivity contribution in [2.75, 3.05) is 19.6 Å². The lowest BCUT2D eigenvalue weighted by Crippen LogP contribution is -2.51. The van der Waals surface area contributed by atoms with Crippen molar-refractivity contribution in [2.24, 2.45) is 5.92 Å². The van der Waals surface area contributed by atoms with Crippen LogP contribution in [0.2, 0.25) is 0 Å². The zero-order chi connectivity index (χ0) is 13.1. The molecule has 19 heavy (non-hydrogen) atoms. The summed E-state index contributed by atoms with van der Waals surface area (Å²) in [5, 5.41) is 3.49. The number of nitrogens with zero attached hydrogens (tertiary/aromatic N) is 1. The zero-order valence-corrected chi connectivity index (χ0v) is 11.3. The lowest BCUT2D eigenvalue weighted by molar-refractivity contribution is -0.121. The van der Waals surface area contributed by atoms with E-state index in [0.717, 1.165) is 45.4 Å². The van der Waals surface area contributed by atoms with E-state index in [9.17, 15) is 4.79 Å². The molecule has 2 aliphatic rings. The van der Waals surface area contributed by atoms with Crippen molar-refractivity contribution in [3.8, 4) is 0 Å².